The van der Waals surface area contributed by atoms with Crippen molar-refractivity contribution < 1.29 is 0 Å². The van der Waals surface area contributed by atoms with E-state index in [-0.39, 0.29) is 0 Å². The molecule has 0 fully saturated rings. The van der Waals surface area contributed by atoms with E-state index in [2.05, 4.69) is 203 Å². The monoisotopic (exact) mass is 660 g/mol. The van der Waals surface area contributed by atoms with Crippen molar-refractivity contribution in [3.63, 3.8) is 0 Å². The van der Waals surface area contributed by atoms with E-state index in [0.29, 0.717) is 0 Å². The van der Waals surface area contributed by atoms with Gasteiger partial charge < -0.3 is 9.13 Å². The maximum absolute atomic E-state index is 2.48. The van der Waals surface area contributed by atoms with E-state index in [0.717, 1.165) is 11.4 Å². The Kier molecular flexibility index (Phi) is 6.28. The van der Waals surface area contributed by atoms with Gasteiger partial charge in [-0.05, 0) is 97.5 Å². The molecule has 2 heterocycles. The summed E-state index contributed by atoms with van der Waals surface area (Å²) >= 11 is 0. The molecule has 0 amide bonds. The van der Waals surface area contributed by atoms with Gasteiger partial charge in [-0.15, -0.1) is 0 Å². The Balaban J connectivity index is 1.18. The molecule has 0 spiro atoms. The Morgan fingerprint density at radius 2 is 0.769 bits per heavy atom. The van der Waals surface area contributed by atoms with Gasteiger partial charge in [-0.2, -0.15) is 0 Å². The molecule has 0 radical (unpaired) electrons. The fourth-order valence-corrected chi connectivity index (χ4v) is 8.60. The Bertz CT molecular complexity index is 3130. The summed E-state index contributed by atoms with van der Waals surface area (Å²) in [6, 6.07) is 71.0. The van der Waals surface area contributed by atoms with Crippen LogP contribution in [0.15, 0.2) is 194 Å². The van der Waals surface area contributed by atoms with E-state index in [1.807, 2.05) is 0 Å². The molecule has 2 aromatic heterocycles. The third-order valence-corrected chi connectivity index (χ3v) is 10.9. The smallest absolute Gasteiger partial charge is 0.0635 e. The van der Waals surface area contributed by atoms with Gasteiger partial charge >= 0.3 is 0 Å². The molecule has 11 aromatic rings. The number of rotatable bonds is 4. The second-order valence-electron chi connectivity index (χ2n) is 13.7. The van der Waals surface area contributed by atoms with Crippen LogP contribution in [0, 0.1) is 0 Å². The summed E-state index contributed by atoms with van der Waals surface area (Å²) in [7, 11) is 0. The zero-order valence-electron chi connectivity index (χ0n) is 28.4. The molecule has 0 saturated heterocycles. The summed E-state index contributed by atoms with van der Waals surface area (Å²) in [6.45, 7) is 0. The number of para-hydroxylation sites is 2. The largest absolute Gasteiger partial charge is 0.309 e. The molecular formula is C50H32N2. The van der Waals surface area contributed by atoms with Gasteiger partial charge in [-0.25, -0.2) is 0 Å². The molecule has 0 bridgehead atoms. The fourth-order valence-electron chi connectivity index (χ4n) is 8.60. The summed E-state index contributed by atoms with van der Waals surface area (Å²) in [4.78, 5) is 0. The van der Waals surface area contributed by atoms with Crippen LogP contribution in [0.25, 0.3) is 98.8 Å². The zero-order chi connectivity index (χ0) is 34.2. The minimum atomic E-state index is 1.15. The van der Waals surface area contributed by atoms with E-state index in [9.17, 15) is 0 Å². The number of aromatic nitrogens is 2. The highest BCUT2D eigenvalue weighted by Crippen LogP contribution is 2.42. The Hall–Kier alpha value is -6.90. The first-order chi connectivity index (χ1) is 25.8. The second kappa shape index (κ2) is 11.3. The van der Waals surface area contributed by atoms with E-state index < -0.39 is 0 Å². The second-order valence-corrected chi connectivity index (χ2v) is 13.7. The molecule has 2 nitrogen and oxygen atoms in total. The quantitative estimate of drug-likeness (QED) is 0.166. The summed E-state index contributed by atoms with van der Waals surface area (Å²) in [5.74, 6) is 0. The van der Waals surface area contributed by atoms with Crippen molar-refractivity contribution in [2.75, 3.05) is 0 Å². The molecule has 0 saturated carbocycles. The van der Waals surface area contributed by atoms with Gasteiger partial charge in [-0.3, -0.25) is 0 Å². The number of hydrogen-bond acceptors (Lipinski definition) is 0. The van der Waals surface area contributed by atoms with Gasteiger partial charge in [0.2, 0.25) is 0 Å². The molecule has 242 valence electrons. The lowest BCUT2D eigenvalue weighted by molar-refractivity contribution is 1.13. The van der Waals surface area contributed by atoms with Crippen molar-refractivity contribution in [3.8, 4) is 33.8 Å². The van der Waals surface area contributed by atoms with Crippen molar-refractivity contribution >= 4 is 65.0 Å². The number of fused-ring (bicyclic) bond motifs is 11. The average molecular weight is 661 g/mol. The van der Waals surface area contributed by atoms with Crippen molar-refractivity contribution in [1.29, 1.82) is 0 Å². The fraction of sp³-hybridized carbons (Fsp3) is 0. The highest BCUT2D eigenvalue weighted by molar-refractivity contribution is 6.26. The maximum Gasteiger partial charge on any atom is 0.0635 e. The predicted molar refractivity (Wildman–Crippen MR) is 221 cm³/mol. The van der Waals surface area contributed by atoms with Gasteiger partial charge in [0.05, 0.1) is 22.2 Å². The lowest BCUT2D eigenvalue weighted by Gasteiger charge is -2.14. The summed E-state index contributed by atoms with van der Waals surface area (Å²) in [6.07, 6.45) is 0. The molecular weight excluding hydrogens is 629 g/mol. The van der Waals surface area contributed by atoms with Crippen LogP contribution in [0.1, 0.15) is 0 Å². The van der Waals surface area contributed by atoms with Gasteiger partial charge in [0.25, 0.3) is 0 Å². The zero-order valence-corrected chi connectivity index (χ0v) is 28.4. The van der Waals surface area contributed by atoms with Crippen LogP contribution in [-0.2, 0) is 0 Å². The summed E-state index contributed by atoms with van der Waals surface area (Å²) in [5, 5.41) is 11.5. The van der Waals surface area contributed by atoms with Crippen molar-refractivity contribution in [1.82, 2.24) is 9.13 Å². The van der Waals surface area contributed by atoms with Crippen LogP contribution >= 0.6 is 0 Å². The van der Waals surface area contributed by atoms with Gasteiger partial charge in [-0.1, -0.05) is 146 Å². The van der Waals surface area contributed by atoms with Gasteiger partial charge in [0, 0.05) is 27.5 Å². The molecule has 9 aromatic carbocycles. The lowest BCUT2D eigenvalue weighted by atomic mass is 9.92. The Morgan fingerprint density at radius 3 is 1.50 bits per heavy atom. The third kappa shape index (κ3) is 4.25. The van der Waals surface area contributed by atoms with Crippen molar-refractivity contribution in [2.45, 2.75) is 0 Å². The predicted octanol–water partition coefficient (Wildman–Crippen LogP) is 13.5. The molecule has 0 unspecified atom stereocenters. The highest BCUT2D eigenvalue weighted by atomic mass is 15.0. The van der Waals surface area contributed by atoms with Crippen molar-refractivity contribution in [3.05, 3.63) is 194 Å². The lowest BCUT2D eigenvalue weighted by Crippen LogP contribution is -1.97. The molecule has 2 heteroatoms. The van der Waals surface area contributed by atoms with Crippen LogP contribution in [0.3, 0.4) is 0 Å². The number of nitrogens with zero attached hydrogens (tertiary/aromatic N) is 2. The average Bonchev–Trinajstić information content (AvgIpc) is 3.78. The van der Waals surface area contributed by atoms with Crippen LogP contribution in [0.5, 0.6) is 0 Å². The normalized spacial score (nSPS) is 11.8. The first-order valence-corrected chi connectivity index (χ1v) is 17.9. The van der Waals surface area contributed by atoms with Crippen LogP contribution < -0.4 is 0 Å². The topological polar surface area (TPSA) is 9.86 Å². The number of benzene rings is 9. The SMILES string of the molecule is c1ccc(-c2cc3c(ccc4c5ccccc5n(-c5cccc(-c6ccc7c8ccccc8c8ccccc8c7c6)c5)c43)n2-c2ccccc2)cc1. The van der Waals surface area contributed by atoms with E-state index in [1.165, 1.54) is 87.4 Å². The number of hydrogen-bond donors (Lipinski definition) is 0. The van der Waals surface area contributed by atoms with Crippen LogP contribution in [0.2, 0.25) is 0 Å². The molecule has 0 aliphatic heterocycles. The molecule has 0 aliphatic rings. The van der Waals surface area contributed by atoms with Gasteiger partial charge in [0.15, 0.2) is 0 Å². The molecule has 0 N–H and O–H groups in total. The first kappa shape index (κ1) is 28.9. The van der Waals surface area contributed by atoms with E-state index >= 15 is 0 Å². The highest BCUT2D eigenvalue weighted by Gasteiger charge is 2.20. The van der Waals surface area contributed by atoms with Gasteiger partial charge in [0.1, 0.15) is 0 Å². The molecule has 11 rings (SSSR count). The summed E-state index contributed by atoms with van der Waals surface area (Å²) in [5.41, 5.74) is 10.7. The first-order valence-electron chi connectivity index (χ1n) is 17.9. The Morgan fingerprint density at radius 1 is 0.250 bits per heavy atom. The molecule has 0 aliphatic carbocycles. The maximum atomic E-state index is 2.48. The summed E-state index contributed by atoms with van der Waals surface area (Å²) < 4.78 is 4.89. The minimum Gasteiger partial charge on any atom is -0.309 e. The van der Waals surface area contributed by atoms with E-state index in [4.69, 9.17) is 0 Å². The van der Waals surface area contributed by atoms with Crippen LogP contribution in [-0.4, -0.2) is 9.13 Å². The third-order valence-electron chi connectivity index (χ3n) is 10.9. The van der Waals surface area contributed by atoms with Crippen LogP contribution in [0.4, 0.5) is 0 Å². The van der Waals surface area contributed by atoms with E-state index in [1.54, 1.807) is 0 Å². The minimum absolute atomic E-state index is 1.15. The standard InChI is InChI=1S/C50H32N2/c1-3-14-33(15-4-1)49-32-46-48(51(49)36-17-5-2-6-18-36)29-28-44-43-24-11-12-25-47(43)52(50(44)46)37-19-13-16-34(30-37)35-26-27-42-40-22-8-7-20-38(40)39-21-9-10-23-41(39)45(42)31-35/h1-32H. The molecule has 0 atom stereocenters. The Labute approximate surface area is 301 Å². The van der Waals surface area contributed by atoms with Crippen molar-refractivity contribution in [2.24, 2.45) is 0 Å². The molecule has 52 heavy (non-hydrogen) atoms.